The Labute approximate surface area is 124 Å². The van der Waals surface area contributed by atoms with E-state index in [1.54, 1.807) is 25.1 Å². The fourth-order valence-electron chi connectivity index (χ4n) is 2.12. The number of fused-ring (bicyclic) bond motifs is 1. The zero-order chi connectivity index (χ0) is 15.0. The molecule has 1 aliphatic heterocycles. The van der Waals surface area contributed by atoms with E-state index < -0.39 is 11.2 Å². The Bertz CT molecular complexity index is 810. The molecule has 7 heteroatoms. The summed E-state index contributed by atoms with van der Waals surface area (Å²) in [4.78, 5) is 26.7. The predicted molar refractivity (Wildman–Crippen MR) is 78.0 cm³/mol. The number of nitrogens with one attached hydrogen (secondary N) is 1. The lowest BCUT2D eigenvalue weighted by atomic mass is 10.2. The topological polar surface area (TPSA) is 73.3 Å². The summed E-state index contributed by atoms with van der Waals surface area (Å²) in [6.07, 6.45) is 0.782. The standard InChI is InChI=1S/C14H13ClN2O4/c1-8-12(15)16-14(19)17(13(8)18)9-3-4-10-11(7-9)21-6-2-5-20-10/h3-4,7H,2,5-6H2,1H3,(H,16,19). The molecule has 1 aliphatic rings. The van der Waals surface area contributed by atoms with E-state index in [1.807, 2.05) is 0 Å². The van der Waals surface area contributed by atoms with Crippen molar-refractivity contribution in [1.82, 2.24) is 9.55 Å². The highest BCUT2D eigenvalue weighted by atomic mass is 35.5. The first-order chi connectivity index (χ1) is 10.1. The summed E-state index contributed by atoms with van der Waals surface area (Å²) < 4.78 is 12.1. The predicted octanol–water partition coefficient (Wildman–Crippen LogP) is 1.65. The molecule has 0 atom stereocenters. The molecule has 0 radical (unpaired) electrons. The van der Waals surface area contributed by atoms with Gasteiger partial charge in [0.05, 0.1) is 24.5 Å². The van der Waals surface area contributed by atoms with Gasteiger partial charge in [0.15, 0.2) is 11.5 Å². The van der Waals surface area contributed by atoms with Gasteiger partial charge in [-0.05, 0) is 19.1 Å². The van der Waals surface area contributed by atoms with E-state index in [0.717, 1.165) is 11.0 Å². The van der Waals surface area contributed by atoms with E-state index >= 15 is 0 Å². The Morgan fingerprint density at radius 2 is 1.90 bits per heavy atom. The Morgan fingerprint density at radius 1 is 1.19 bits per heavy atom. The maximum absolute atomic E-state index is 12.2. The second kappa shape index (κ2) is 5.29. The summed E-state index contributed by atoms with van der Waals surface area (Å²) >= 11 is 5.80. The number of aromatic amines is 1. The van der Waals surface area contributed by atoms with E-state index in [0.29, 0.717) is 30.4 Å². The molecule has 0 amide bonds. The smallest absolute Gasteiger partial charge is 0.334 e. The van der Waals surface area contributed by atoms with Crippen molar-refractivity contribution in [2.24, 2.45) is 0 Å². The molecule has 0 saturated carbocycles. The second-order valence-corrected chi connectivity index (χ2v) is 5.07. The highest BCUT2D eigenvalue weighted by molar-refractivity contribution is 6.30. The number of halogens is 1. The zero-order valence-electron chi connectivity index (χ0n) is 11.3. The van der Waals surface area contributed by atoms with Crippen LogP contribution in [0.15, 0.2) is 27.8 Å². The van der Waals surface area contributed by atoms with Gasteiger partial charge < -0.3 is 9.47 Å². The van der Waals surface area contributed by atoms with Gasteiger partial charge in [-0.15, -0.1) is 0 Å². The third-order valence-corrected chi connectivity index (χ3v) is 3.64. The first-order valence-electron chi connectivity index (χ1n) is 6.49. The van der Waals surface area contributed by atoms with Crippen LogP contribution in [0.3, 0.4) is 0 Å². The van der Waals surface area contributed by atoms with Crippen molar-refractivity contribution >= 4 is 11.6 Å². The number of aromatic nitrogens is 2. The van der Waals surface area contributed by atoms with E-state index in [-0.39, 0.29) is 10.7 Å². The molecule has 0 spiro atoms. The van der Waals surface area contributed by atoms with Crippen molar-refractivity contribution in [3.05, 3.63) is 49.8 Å². The summed E-state index contributed by atoms with van der Waals surface area (Å²) in [7, 11) is 0. The molecule has 3 rings (SSSR count). The van der Waals surface area contributed by atoms with Crippen LogP contribution in [0.25, 0.3) is 5.69 Å². The van der Waals surface area contributed by atoms with Gasteiger partial charge in [0.1, 0.15) is 5.15 Å². The molecule has 2 aromatic rings. The molecule has 0 aliphatic carbocycles. The molecule has 1 aromatic heterocycles. The van der Waals surface area contributed by atoms with Crippen molar-refractivity contribution in [3.63, 3.8) is 0 Å². The summed E-state index contributed by atoms with van der Waals surface area (Å²) in [5.74, 6) is 1.12. The van der Waals surface area contributed by atoms with Crippen molar-refractivity contribution < 1.29 is 9.47 Å². The zero-order valence-corrected chi connectivity index (χ0v) is 12.1. The minimum atomic E-state index is -0.593. The largest absolute Gasteiger partial charge is 0.490 e. The van der Waals surface area contributed by atoms with Gasteiger partial charge in [0.25, 0.3) is 5.56 Å². The van der Waals surface area contributed by atoms with Gasteiger partial charge in [0.2, 0.25) is 0 Å². The molecule has 1 N–H and O–H groups in total. The van der Waals surface area contributed by atoms with Crippen LogP contribution in [0, 0.1) is 6.92 Å². The van der Waals surface area contributed by atoms with Crippen molar-refractivity contribution in [2.45, 2.75) is 13.3 Å². The molecule has 0 unspecified atom stereocenters. The summed E-state index contributed by atoms with van der Waals surface area (Å²) in [6, 6.07) is 4.94. The molecule has 110 valence electrons. The highest BCUT2D eigenvalue weighted by Gasteiger charge is 2.15. The van der Waals surface area contributed by atoms with Crippen LogP contribution in [0.5, 0.6) is 11.5 Å². The third kappa shape index (κ3) is 2.42. The minimum absolute atomic E-state index is 0.0515. The molecular weight excluding hydrogens is 296 g/mol. The van der Waals surface area contributed by atoms with Gasteiger partial charge in [0, 0.05) is 12.5 Å². The van der Waals surface area contributed by atoms with Gasteiger partial charge in [-0.2, -0.15) is 0 Å². The minimum Gasteiger partial charge on any atom is -0.490 e. The Morgan fingerprint density at radius 3 is 2.67 bits per heavy atom. The first kappa shape index (κ1) is 13.8. The fraction of sp³-hybridized carbons (Fsp3) is 0.286. The molecule has 0 saturated heterocycles. The lowest BCUT2D eigenvalue weighted by Gasteiger charge is -2.11. The van der Waals surface area contributed by atoms with Crippen molar-refractivity contribution in [3.8, 4) is 17.2 Å². The Balaban J connectivity index is 2.18. The molecule has 1 aromatic carbocycles. The molecule has 6 nitrogen and oxygen atoms in total. The van der Waals surface area contributed by atoms with Crippen molar-refractivity contribution in [1.29, 1.82) is 0 Å². The number of H-pyrrole nitrogens is 1. The number of rotatable bonds is 1. The van der Waals surface area contributed by atoms with Crippen LogP contribution in [0.2, 0.25) is 5.15 Å². The molecule has 0 bridgehead atoms. The number of benzene rings is 1. The highest BCUT2D eigenvalue weighted by Crippen LogP contribution is 2.31. The van der Waals surface area contributed by atoms with Crippen LogP contribution in [-0.4, -0.2) is 22.8 Å². The van der Waals surface area contributed by atoms with Crippen LogP contribution in [0.4, 0.5) is 0 Å². The van der Waals surface area contributed by atoms with Crippen LogP contribution in [-0.2, 0) is 0 Å². The van der Waals surface area contributed by atoms with E-state index in [1.165, 1.54) is 0 Å². The quantitative estimate of drug-likeness (QED) is 0.813. The van der Waals surface area contributed by atoms with Gasteiger partial charge >= 0.3 is 5.69 Å². The van der Waals surface area contributed by atoms with Crippen molar-refractivity contribution in [2.75, 3.05) is 13.2 Å². The van der Waals surface area contributed by atoms with E-state index in [4.69, 9.17) is 21.1 Å². The summed E-state index contributed by atoms with van der Waals surface area (Å²) in [5, 5.41) is 0.0515. The van der Waals surface area contributed by atoms with Crippen LogP contribution >= 0.6 is 11.6 Å². The monoisotopic (exact) mass is 308 g/mol. The molecule has 2 heterocycles. The van der Waals surface area contributed by atoms with Gasteiger partial charge in [-0.25, -0.2) is 9.36 Å². The lowest BCUT2D eigenvalue weighted by molar-refractivity contribution is 0.297. The molecule has 0 fully saturated rings. The lowest BCUT2D eigenvalue weighted by Crippen LogP contribution is -2.35. The third-order valence-electron chi connectivity index (χ3n) is 3.26. The summed E-state index contributed by atoms with van der Waals surface area (Å²) in [5.41, 5.74) is -0.364. The Hall–Kier alpha value is -2.21. The van der Waals surface area contributed by atoms with Gasteiger partial charge in [-0.1, -0.05) is 11.6 Å². The normalized spacial score (nSPS) is 13.8. The number of nitrogens with zero attached hydrogens (tertiary/aromatic N) is 1. The van der Waals surface area contributed by atoms with E-state index in [2.05, 4.69) is 4.98 Å². The van der Waals surface area contributed by atoms with Crippen LogP contribution < -0.4 is 20.7 Å². The SMILES string of the molecule is Cc1c(Cl)[nH]c(=O)n(-c2ccc3c(c2)OCCCO3)c1=O. The van der Waals surface area contributed by atoms with E-state index in [9.17, 15) is 9.59 Å². The van der Waals surface area contributed by atoms with Gasteiger partial charge in [-0.3, -0.25) is 9.78 Å². The molecular formula is C14H13ClN2O4. The fourth-order valence-corrected chi connectivity index (χ4v) is 2.28. The maximum Gasteiger partial charge on any atom is 0.334 e. The maximum atomic E-state index is 12.2. The average Bonchev–Trinajstić information content (AvgIpc) is 2.69. The Kier molecular flexibility index (Phi) is 3.47. The number of ether oxygens (including phenoxy) is 2. The molecule has 21 heavy (non-hydrogen) atoms. The first-order valence-corrected chi connectivity index (χ1v) is 6.87. The van der Waals surface area contributed by atoms with Crippen LogP contribution in [0.1, 0.15) is 12.0 Å². The average molecular weight is 309 g/mol. The second-order valence-electron chi connectivity index (χ2n) is 4.69. The number of hydrogen-bond acceptors (Lipinski definition) is 4. The summed E-state index contributed by atoms with van der Waals surface area (Å²) in [6.45, 7) is 2.66. The number of hydrogen-bond donors (Lipinski definition) is 1.